The third-order valence-corrected chi connectivity index (χ3v) is 4.17. The molecule has 0 aliphatic carbocycles. The van der Waals surface area contributed by atoms with Crippen LogP contribution in [0.3, 0.4) is 0 Å². The third kappa shape index (κ3) is 3.36. The van der Waals surface area contributed by atoms with Crippen molar-refractivity contribution in [3.05, 3.63) is 71.5 Å². The third-order valence-electron chi connectivity index (χ3n) is 4.17. The minimum atomic E-state index is -0.343. The zero-order valence-corrected chi connectivity index (χ0v) is 14.1. The van der Waals surface area contributed by atoms with Crippen molar-refractivity contribution < 1.29 is 4.39 Å². The lowest BCUT2D eigenvalue weighted by atomic mass is 9.95. The predicted octanol–water partition coefficient (Wildman–Crippen LogP) is 5.13. The van der Waals surface area contributed by atoms with Crippen LogP contribution >= 0.6 is 0 Å². The van der Waals surface area contributed by atoms with E-state index in [0.29, 0.717) is 28.3 Å². The fraction of sp³-hybridized carbons (Fsp3) is 0.143. The molecular formula is C21H18FN3. The number of nitriles is 1. The van der Waals surface area contributed by atoms with Gasteiger partial charge in [-0.1, -0.05) is 50.2 Å². The molecule has 3 nitrogen and oxygen atoms in total. The van der Waals surface area contributed by atoms with E-state index in [1.807, 2.05) is 24.3 Å². The van der Waals surface area contributed by atoms with E-state index >= 15 is 0 Å². The highest BCUT2D eigenvalue weighted by Crippen LogP contribution is 2.32. The fourth-order valence-corrected chi connectivity index (χ4v) is 2.75. The van der Waals surface area contributed by atoms with Gasteiger partial charge in [0.25, 0.3) is 0 Å². The van der Waals surface area contributed by atoms with Gasteiger partial charge in [0.05, 0.1) is 5.69 Å². The van der Waals surface area contributed by atoms with Gasteiger partial charge in [-0.15, -0.1) is 0 Å². The van der Waals surface area contributed by atoms with E-state index < -0.39 is 0 Å². The topological polar surface area (TPSA) is 62.7 Å². The van der Waals surface area contributed by atoms with Crippen LogP contribution in [0.2, 0.25) is 0 Å². The molecule has 0 aliphatic rings. The summed E-state index contributed by atoms with van der Waals surface area (Å²) < 4.78 is 13.5. The summed E-state index contributed by atoms with van der Waals surface area (Å²) in [6.07, 6.45) is 0. The molecule has 2 aromatic carbocycles. The first-order chi connectivity index (χ1) is 12.0. The van der Waals surface area contributed by atoms with Gasteiger partial charge in [0, 0.05) is 11.1 Å². The molecule has 4 heteroatoms. The number of rotatable bonds is 3. The van der Waals surface area contributed by atoms with Gasteiger partial charge in [0.1, 0.15) is 23.3 Å². The summed E-state index contributed by atoms with van der Waals surface area (Å²) in [5.74, 6) is 0.229. The monoisotopic (exact) mass is 331 g/mol. The second kappa shape index (κ2) is 6.74. The number of anilines is 1. The van der Waals surface area contributed by atoms with Crippen molar-refractivity contribution in [3.8, 4) is 28.5 Å². The highest BCUT2D eigenvalue weighted by molar-refractivity contribution is 5.80. The lowest BCUT2D eigenvalue weighted by Gasteiger charge is -2.12. The van der Waals surface area contributed by atoms with Crippen LogP contribution in [0.15, 0.2) is 54.6 Å². The smallest absolute Gasteiger partial charge is 0.142 e. The first-order valence-corrected chi connectivity index (χ1v) is 8.06. The van der Waals surface area contributed by atoms with Crippen LogP contribution in [0.25, 0.3) is 22.4 Å². The van der Waals surface area contributed by atoms with E-state index in [9.17, 15) is 9.65 Å². The fourth-order valence-electron chi connectivity index (χ4n) is 2.75. The molecule has 3 aromatic rings. The van der Waals surface area contributed by atoms with E-state index in [1.165, 1.54) is 17.7 Å². The van der Waals surface area contributed by atoms with Crippen molar-refractivity contribution in [2.45, 2.75) is 19.8 Å². The summed E-state index contributed by atoms with van der Waals surface area (Å²) in [6.45, 7) is 4.25. The Morgan fingerprint density at radius 2 is 1.76 bits per heavy atom. The second-order valence-corrected chi connectivity index (χ2v) is 6.21. The van der Waals surface area contributed by atoms with Gasteiger partial charge in [-0.05, 0) is 35.2 Å². The minimum absolute atomic E-state index is 0.146. The Morgan fingerprint density at radius 3 is 2.36 bits per heavy atom. The van der Waals surface area contributed by atoms with Gasteiger partial charge in [-0.3, -0.25) is 0 Å². The van der Waals surface area contributed by atoms with Crippen molar-refractivity contribution in [1.82, 2.24) is 4.98 Å². The molecular weight excluding hydrogens is 313 g/mol. The molecule has 1 aromatic heterocycles. The zero-order chi connectivity index (χ0) is 18.0. The number of aromatic nitrogens is 1. The van der Waals surface area contributed by atoms with Crippen LogP contribution in [0, 0.1) is 17.1 Å². The first-order valence-electron chi connectivity index (χ1n) is 8.06. The standard InChI is InChI=1S/C21H18FN3/c1-13(2)14-6-8-15(9-7-14)18-11-20(25-21(24)19(18)12-23)16-4-3-5-17(22)10-16/h3-11,13H,1-2H3,(H2,24,25). The summed E-state index contributed by atoms with van der Waals surface area (Å²) in [7, 11) is 0. The summed E-state index contributed by atoms with van der Waals surface area (Å²) in [5.41, 5.74) is 10.3. The summed E-state index contributed by atoms with van der Waals surface area (Å²) in [4.78, 5) is 4.28. The zero-order valence-electron chi connectivity index (χ0n) is 14.1. The predicted molar refractivity (Wildman–Crippen MR) is 98.3 cm³/mol. The van der Waals surface area contributed by atoms with E-state index in [1.54, 1.807) is 18.2 Å². The molecule has 0 atom stereocenters. The van der Waals surface area contributed by atoms with Crippen LogP contribution in [-0.4, -0.2) is 4.98 Å². The van der Waals surface area contributed by atoms with Crippen LogP contribution in [0.1, 0.15) is 30.9 Å². The summed E-state index contributed by atoms with van der Waals surface area (Å²) >= 11 is 0. The molecule has 0 aliphatic heterocycles. The van der Waals surface area contributed by atoms with Crippen LogP contribution in [0.4, 0.5) is 10.2 Å². The van der Waals surface area contributed by atoms with Gasteiger partial charge in [-0.25, -0.2) is 9.37 Å². The minimum Gasteiger partial charge on any atom is -0.383 e. The summed E-state index contributed by atoms with van der Waals surface area (Å²) in [6, 6.07) is 18.1. The van der Waals surface area contributed by atoms with Gasteiger partial charge < -0.3 is 5.73 Å². The van der Waals surface area contributed by atoms with Crippen LogP contribution in [-0.2, 0) is 0 Å². The maximum atomic E-state index is 13.5. The highest BCUT2D eigenvalue weighted by Gasteiger charge is 2.14. The first kappa shape index (κ1) is 16.7. The second-order valence-electron chi connectivity index (χ2n) is 6.21. The van der Waals surface area contributed by atoms with Crippen LogP contribution in [0.5, 0.6) is 0 Å². The summed E-state index contributed by atoms with van der Waals surface area (Å²) in [5, 5.41) is 9.48. The molecule has 0 unspecified atom stereocenters. The molecule has 0 amide bonds. The molecule has 0 radical (unpaired) electrons. The van der Waals surface area contributed by atoms with Crippen molar-refractivity contribution in [2.75, 3.05) is 5.73 Å². The molecule has 25 heavy (non-hydrogen) atoms. The molecule has 0 spiro atoms. The Kier molecular flexibility index (Phi) is 4.49. The number of pyridine rings is 1. The number of nitrogens with zero attached hydrogens (tertiary/aromatic N) is 2. The molecule has 0 fully saturated rings. The van der Waals surface area contributed by atoms with Gasteiger partial charge in [0.2, 0.25) is 0 Å². The largest absolute Gasteiger partial charge is 0.383 e. The Hall–Kier alpha value is -3.19. The number of hydrogen-bond acceptors (Lipinski definition) is 3. The van der Waals surface area contributed by atoms with Gasteiger partial charge in [-0.2, -0.15) is 5.26 Å². The van der Waals surface area contributed by atoms with Crippen molar-refractivity contribution in [2.24, 2.45) is 0 Å². The van der Waals surface area contributed by atoms with Gasteiger partial charge in [0.15, 0.2) is 0 Å². The van der Waals surface area contributed by atoms with E-state index in [2.05, 4.69) is 24.9 Å². The molecule has 124 valence electrons. The normalized spacial score (nSPS) is 10.7. The van der Waals surface area contributed by atoms with E-state index in [-0.39, 0.29) is 11.6 Å². The van der Waals surface area contributed by atoms with E-state index in [0.717, 1.165) is 5.56 Å². The molecule has 2 N–H and O–H groups in total. The number of hydrogen-bond donors (Lipinski definition) is 1. The lowest BCUT2D eigenvalue weighted by molar-refractivity contribution is 0.628. The van der Waals surface area contributed by atoms with Crippen molar-refractivity contribution in [3.63, 3.8) is 0 Å². The van der Waals surface area contributed by atoms with Gasteiger partial charge >= 0.3 is 0 Å². The molecule has 0 saturated heterocycles. The maximum Gasteiger partial charge on any atom is 0.142 e. The molecule has 0 saturated carbocycles. The van der Waals surface area contributed by atoms with E-state index in [4.69, 9.17) is 5.73 Å². The Bertz CT molecular complexity index is 954. The van der Waals surface area contributed by atoms with Crippen molar-refractivity contribution >= 4 is 5.82 Å². The number of nitrogens with two attached hydrogens (primary N) is 1. The number of nitrogen functional groups attached to an aromatic ring is 1. The average Bonchev–Trinajstić information content (AvgIpc) is 2.61. The molecule has 0 bridgehead atoms. The number of halogens is 1. The molecule has 1 heterocycles. The number of benzene rings is 2. The Balaban J connectivity index is 2.16. The SMILES string of the molecule is CC(C)c1ccc(-c2cc(-c3cccc(F)c3)nc(N)c2C#N)cc1. The maximum absolute atomic E-state index is 13.5. The molecule has 3 rings (SSSR count). The van der Waals surface area contributed by atoms with Crippen LogP contribution < -0.4 is 5.73 Å². The quantitative estimate of drug-likeness (QED) is 0.723. The highest BCUT2D eigenvalue weighted by atomic mass is 19.1. The Morgan fingerprint density at radius 1 is 1.04 bits per heavy atom. The average molecular weight is 331 g/mol. The Labute approximate surface area is 146 Å². The lowest BCUT2D eigenvalue weighted by Crippen LogP contribution is -2.00. The van der Waals surface area contributed by atoms with Crippen molar-refractivity contribution in [1.29, 1.82) is 5.26 Å².